The van der Waals surface area contributed by atoms with Gasteiger partial charge in [-0.15, -0.1) is 0 Å². The van der Waals surface area contributed by atoms with Crippen LogP contribution < -0.4 is 4.74 Å². The lowest BCUT2D eigenvalue weighted by Gasteiger charge is -2.05. The van der Waals surface area contributed by atoms with Gasteiger partial charge in [0.2, 0.25) is 0 Å². The Bertz CT molecular complexity index is 437. The molecule has 0 radical (unpaired) electrons. The van der Waals surface area contributed by atoms with Crippen LogP contribution in [0.4, 0.5) is 0 Å². The summed E-state index contributed by atoms with van der Waals surface area (Å²) in [5.74, 6) is 0.947. The Morgan fingerprint density at radius 1 is 1.15 bits per heavy atom. The summed E-state index contributed by atoms with van der Waals surface area (Å²) in [6.45, 7) is 0. The average Bonchev–Trinajstić information content (AvgIpc) is 2.16. The highest BCUT2D eigenvalue weighted by Gasteiger charge is 2.01. The fourth-order valence-corrected chi connectivity index (χ4v) is 2.03. The molecule has 2 heteroatoms. The second kappa shape index (κ2) is 3.54. The molecular formula is C11H9IO. The summed E-state index contributed by atoms with van der Waals surface area (Å²) in [5.41, 5.74) is 0. The van der Waals surface area contributed by atoms with Crippen LogP contribution in [0.1, 0.15) is 0 Å². The van der Waals surface area contributed by atoms with Crippen molar-refractivity contribution in [3.05, 3.63) is 40.0 Å². The Morgan fingerprint density at radius 3 is 2.69 bits per heavy atom. The van der Waals surface area contributed by atoms with Crippen LogP contribution in [0.3, 0.4) is 0 Å². The fraction of sp³-hybridized carbons (Fsp3) is 0.0909. The van der Waals surface area contributed by atoms with E-state index < -0.39 is 0 Å². The quantitative estimate of drug-likeness (QED) is 0.729. The summed E-state index contributed by atoms with van der Waals surface area (Å²) >= 11 is 2.30. The molecule has 13 heavy (non-hydrogen) atoms. The largest absolute Gasteiger partial charge is 0.496 e. The van der Waals surface area contributed by atoms with Crippen LogP contribution >= 0.6 is 22.6 Å². The van der Waals surface area contributed by atoms with Gasteiger partial charge in [-0.1, -0.05) is 24.3 Å². The van der Waals surface area contributed by atoms with E-state index in [1.165, 1.54) is 14.3 Å². The van der Waals surface area contributed by atoms with E-state index in [1.807, 2.05) is 18.2 Å². The number of hydrogen-bond acceptors (Lipinski definition) is 1. The van der Waals surface area contributed by atoms with Crippen LogP contribution in [-0.2, 0) is 0 Å². The molecule has 0 spiro atoms. The minimum Gasteiger partial charge on any atom is -0.496 e. The molecule has 0 amide bonds. The molecule has 0 heterocycles. The van der Waals surface area contributed by atoms with Crippen LogP contribution in [0.5, 0.6) is 5.75 Å². The lowest BCUT2D eigenvalue weighted by molar-refractivity contribution is 0.419. The van der Waals surface area contributed by atoms with Crippen molar-refractivity contribution >= 4 is 33.4 Å². The number of rotatable bonds is 1. The summed E-state index contributed by atoms with van der Waals surface area (Å²) in [5, 5.41) is 2.40. The molecule has 0 aliphatic rings. The van der Waals surface area contributed by atoms with Gasteiger partial charge in [0, 0.05) is 8.96 Å². The maximum absolute atomic E-state index is 5.30. The lowest BCUT2D eigenvalue weighted by Crippen LogP contribution is -1.85. The third kappa shape index (κ3) is 1.63. The number of hydrogen-bond donors (Lipinski definition) is 0. The first-order valence-corrected chi connectivity index (χ1v) is 5.11. The number of benzene rings is 2. The Kier molecular flexibility index (Phi) is 2.40. The minimum absolute atomic E-state index is 0.947. The van der Waals surface area contributed by atoms with Gasteiger partial charge in [-0.3, -0.25) is 0 Å². The van der Waals surface area contributed by atoms with Gasteiger partial charge < -0.3 is 4.74 Å². The standard InChI is InChI=1S/C11H9IO/c1-13-11-7-9(12)6-8-4-2-3-5-10(8)11/h2-7H,1H3. The van der Waals surface area contributed by atoms with E-state index in [4.69, 9.17) is 4.74 Å². The smallest absolute Gasteiger partial charge is 0.127 e. The molecule has 0 aromatic heterocycles. The first kappa shape index (κ1) is 8.81. The summed E-state index contributed by atoms with van der Waals surface area (Å²) in [7, 11) is 1.71. The molecular weight excluding hydrogens is 275 g/mol. The van der Waals surface area contributed by atoms with E-state index in [-0.39, 0.29) is 0 Å². The van der Waals surface area contributed by atoms with Gasteiger partial charge in [0.15, 0.2) is 0 Å². The molecule has 0 atom stereocenters. The van der Waals surface area contributed by atoms with Gasteiger partial charge >= 0.3 is 0 Å². The summed E-state index contributed by atoms with van der Waals surface area (Å²) < 4.78 is 6.51. The molecule has 0 bridgehead atoms. The van der Waals surface area contributed by atoms with Gasteiger partial charge in [0.1, 0.15) is 5.75 Å². The normalized spacial score (nSPS) is 10.3. The highest BCUT2D eigenvalue weighted by molar-refractivity contribution is 14.1. The van der Waals surface area contributed by atoms with E-state index in [9.17, 15) is 0 Å². The van der Waals surface area contributed by atoms with Crippen molar-refractivity contribution in [3.8, 4) is 5.75 Å². The van der Waals surface area contributed by atoms with E-state index in [2.05, 4.69) is 40.8 Å². The first-order valence-electron chi connectivity index (χ1n) is 4.03. The molecule has 0 fully saturated rings. The molecule has 0 aliphatic heterocycles. The Balaban J connectivity index is 2.81. The monoisotopic (exact) mass is 284 g/mol. The summed E-state index contributed by atoms with van der Waals surface area (Å²) in [6.07, 6.45) is 0. The first-order chi connectivity index (χ1) is 6.31. The molecule has 0 N–H and O–H groups in total. The topological polar surface area (TPSA) is 9.23 Å². The molecule has 0 unspecified atom stereocenters. The zero-order chi connectivity index (χ0) is 9.26. The Labute approximate surface area is 90.9 Å². The Hall–Kier alpha value is -0.770. The van der Waals surface area contributed by atoms with E-state index in [0.29, 0.717) is 0 Å². The lowest BCUT2D eigenvalue weighted by atomic mass is 10.1. The SMILES string of the molecule is COc1cc(I)cc2ccccc12. The highest BCUT2D eigenvalue weighted by Crippen LogP contribution is 2.27. The van der Waals surface area contributed by atoms with Gasteiger partial charge in [0.05, 0.1) is 7.11 Å². The van der Waals surface area contributed by atoms with Gasteiger partial charge in [-0.2, -0.15) is 0 Å². The maximum Gasteiger partial charge on any atom is 0.127 e. The summed E-state index contributed by atoms with van der Waals surface area (Å²) in [6, 6.07) is 12.4. The fourth-order valence-electron chi connectivity index (χ4n) is 1.41. The van der Waals surface area contributed by atoms with Gasteiger partial charge in [0.25, 0.3) is 0 Å². The number of ether oxygens (including phenoxy) is 1. The molecule has 2 rings (SSSR count). The van der Waals surface area contributed by atoms with Crippen LogP contribution in [-0.4, -0.2) is 7.11 Å². The summed E-state index contributed by atoms with van der Waals surface area (Å²) in [4.78, 5) is 0. The molecule has 0 saturated heterocycles. The Morgan fingerprint density at radius 2 is 1.92 bits per heavy atom. The van der Waals surface area contributed by atoms with Crippen molar-refractivity contribution in [2.75, 3.05) is 7.11 Å². The molecule has 0 aliphatic carbocycles. The molecule has 1 nitrogen and oxygen atoms in total. The van der Waals surface area contributed by atoms with Crippen LogP contribution in [0.2, 0.25) is 0 Å². The van der Waals surface area contributed by atoms with E-state index in [1.54, 1.807) is 7.11 Å². The predicted octanol–water partition coefficient (Wildman–Crippen LogP) is 3.45. The van der Waals surface area contributed by atoms with E-state index in [0.717, 1.165) is 5.75 Å². The zero-order valence-corrected chi connectivity index (χ0v) is 9.41. The van der Waals surface area contributed by atoms with Gasteiger partial charge in [-0.05, 0) is 40.1 Å². The predicted molar refractivity (Wildman–Crippen MR) is 63.2 cm³/mol. The van der Waals surface area contributed by atoms with Crippen molar-refractivity contribution in [1.82, 2.24) is 0 Å². The van der Waals surface area contributed by atoms with Crippen molar-refractivity contribution in [2.45, 2.75) is 0 Å². The number of halogens is 1. The molecule has 66 valence electrons. The highest BCUT2D eigenvalue weighted by atomic mass is 127. The van der Waals surface area contributed by atoms with Crippen LogP contribution in [0.15, 0.2) is 36.4 Å². The molecule has 2 aromatic rings. The van der Waals surface area contributed by atoms with E-state index >= 15 is 0 Å². The third-order valence-electron chi connectivity index (χ3n) is 2.01. The minimum atomic E-state index is 0.947. The average molecular weight is 284 g/mol. The van der Waals surface area contributed by atoms with Crippen molar-refractivity contribution in [3.63, 3.8) is 0 Å². The maximum atomic E-state index is 5.30. The van der Waals surface area contributed by atoms with Crippen LogP contribution in [0, 0.1) is 3.57 Å². The zero-order valence-electron chi connectivity index (χ0n) is 7.25. The van der Waals surface area contributed by atoms with Crippen molar-refractivity contribution in [2.24, 2.45) is 0 Å². The third-order valence-corrected chi connectivity index (χ3v) is 2.63. The number of methoxy groups -OCH3 is 1. The number of fused-ring (bicyclic) bond motifs is 1. The van der Waals surface area contributed by atoms with Crippen molar-refractivity contribution < 1.29 is 4.74 Å². The molecule has 0 saturated carbocycles. The molecule has 2 aromatic carbocycles. The van der Waals surface area contributed by atoms with Crippen molar-refractivity contribution in [1.29, 1.82) is 0 Å². The second-order valence-electron chi connectivity index (χ2n) is 2.83. The van der Waals surface area contributed by atoms with Gasteiger partial charge in [-0.25, -0.2) is 0 Å². The van der Waals surface area contributed by atoms with Crippen LogP contribution in [0.25, 0.3) is 10.8 Å². The second-order valence-corrected chi connectivity index (χ2v) is 4.07.